The van der Waals surface area contributed by atoms with E-state index in [0.29, 0.717) is 0 Å². The SMILES string of the molecule is Nc1ncnc2c1ncn2[C@@H]1O[C@H](C[P+]([O-])([Se-])OP(=O)(O)OP(=O)(O)O)[C@@H](O)[C@H]1O. The third-order valence-electron chi connectivity index (χ3n) is 3.84. The maximum absolute atomic E-state index is 12.5. The van der Waals surface area contributed by atoms with E-state index in [0.717, 1.165) is 6.33 Å². The minimum atomic E-state index is -5.43. The summed E-state index contributed by atoms with van der Waals surface area (Å²) < 4.78 is 37.0. The minimum absolute atomic E-state index is 0.0631. The van der Waals surface area contributed by atoms with Crippen molar-refractivity contribution in [3.05, 3.63) is 12.7 Å². The molecule has 0 aliphatic carbocycles. The van der Waals surface area contributed by atoms with E-state index in [1.165, 1.54) is 10.9 Å². The monoisotopic (exact) mass is 554 g/mol. The van der Waals surface area contributed by atoms with Crippen LogP contribution in [0.25, 0.3) is 11.2 Å². The number of aliphatic hydroxyl groups is 2. The number of nitrogen functional groups attached to an aromatic ring is 1. The third kappa shape index (κ3) is 5.41. The van der Waals surface area contributed by atoms with E-state index in [4.69, 9.17) is 20.3 Å². The first kappa shape index (κ1) is 24.1. The molecule has 0 amide bonds. The van der Waals surface area contributed by atoms with Gasteiger partial charge in [-0.05, 0) is 0 Å². The predicted molar refractivity (Wildman–Crippen MR) is 97.2 cm³/mol. The van der Waals surface area contributed by atoms with Gasteiger partial charge in [-0.25, -0.2) is 0 Å². The Labute approximate surface area is 175 Å². The van der Waals surface area contributed by atoms with Gasteiger partial charge in [-0.1, -0.05) is 0 Å². The van der Waals surface area contributed by atoms with E-state index in [9.17, 15) is 29.1 Å². The molecule has 1 aliphatic heterocycles. The molecule has 2 unspecified atom stereocenters. The zero-order valence-corrected chi connectivity index (χ0v) is 18.9. The number of imidazole rings is 1. The molecule has 0 aromatic carbocycles. The van der Waals surface area contributed by atoms with Crippen molar-refractivity contribution < 1.29 is 52.3 Å². The van der Waals surface area contributed by atoms with Gasteiger partial charge in [0.15, 0.2) is 0 Å². The van der Waals surface area contributed by atoms with Crippen LogP contribution in [-0.4, -0.2) is 84.5 Å². The standard InChI is InChI=1S/C10H16N5O11P3Se/c11-8-5-9(13-2-12-8)15(3-14-5)10-7(17)6(16)4(24-10)1-27(18,30)25-29(22,23)26-28(19,20)21/h2-4,6-7,10,16-17H,1H2,(H,18,30)(H,22,23)(H2,11,12,13)(H2,19,20,21)/p-1/t4-,6-,7-,10-,27?/m1/s1. The van der Waals surface area contributed by atoms with Crippen LogP contribution in [0.15, 0.2) is 12.7 Å². The molecule has 2 aromatic heterocycles. The van der Waals surface area contributed by atoms with Gasteiger partial charge in [0.2, 0.25) is 0 Å². The van der Waals surface area contributed by atoms with Gasteiger partial charge in [0.25, 0.3) is 0 Å². The second-order valence-corrected chi connectivity index (χ2v) is 14.4. The molecule has 20 heteroatoms. The molecule has 1 fully saturated rings. The van der Waals surface area contributed by atoms with Gasteiger partial charge < -0.3 is 0 Å². The number of rotatable bonds is 7. The van der Waals surface area contributed by atoms with E-state index in [1.807, 2.05) is 15.6 Å². The average Bonchev–Trinajstić information content (AvgIpc) is 3.09. The van der Waals surface area contributed by atoms with Crippen LogP contribution in [0, 0.1) is 0 Å². The van der Waals surface area contributed by atoms with Crippen LogP contribution in [0.3, 0.4) is 0 Å². The first-order chi connectivity index (χ1) is 13.7. The fourth-order valence-corrected chi connectivity index (χ4v) is 8.97. The number of ether oxygens (including phenoxy) is 1. The summed E-state index contributed by atoms with van der Waals surface area (Å²) in [5.41, 5.74) is 6.07. The van der Waals surface area contributed by atoms with Gasteiger partial charge in [-0.3, -0.25) is 0 Å². The topological polar surface area (TPSA) is 256 Å². The molecule has 0 spiro atoms. The number of phosphoric acid groups is 2. The summed E-state index contributed by atoms with van der Waals surface area (Å²) in [5, 5.41) is 20.6. The van der Waals surface area contributed by atoms with Crippen LogP contribution >= 0.6 is 22.1 Å². The summed E-state index contributed by atoms with van der Waals surface area (Å²) in [7, 11) is -10.9. The number of hydrogen-bond donors (Lipinski definition) is 6. The van der Waals surface area contributed by atoms with Crippen molar-refractivity contribution in [3.63, 3.8) is 0 Å². The predicted octanol–water partition coefficient (Wildman–Crippen LogP) is -2.45. The number of nitrogens with two attached hydrogens (primary N) is 1. The summed E-state index contributed by atoms with van der Waals surface area (Å²) in [6.45, 7) is 0. The summed E-state index contributed by atoms with van der Waals surface area (Å²) in [6, 6.07) is 0. The Morgan fingerprint density at radius 1 is 1.27 bits per heavy atom. The first-order valence-electron chi connectivity index (χ1n) is 7.75. The van der Waals surface area contributed by atoms with Crippen molar-refractivity contribution in [3.8, 4) is 0 Å². The summed E-state index contributed by atoms with van der Waals surface area (Å²) >= 11 is 1.98. The van der Waals surface area contributed by atoms with Crippen molar-refractivity contribution in [2.75, 3.05) is 11.9 Å². The number of aromatic nitrogens is 4. The molecule has 168 valence electrons. The number of hydrogen-bond acceptors (Lipinski definition) is 12. The quantitative estimate of drug-likeness (QED) is 0.154. The van der Waals surface area contributed by atoms with Gasteiger partial charge in [-0.15, -0.1) is 0 Å². The first-order valence-corrected chi connectivity index (χ1v) is 14.8. The summed E-state index contributed by atoms with van der Waals surface area (Å²) in [5.74, 6) is 0.0631. The molecule has 3 heterocycles. The van der Waals surface area contributed by atoms with Gasteiger partial charge in [0, 0.05) is 0 Å². The Morgan fingerprint density at radius 2 is 1.93 bits per heavy atom. The fraction of sp³-hybridized carbons (Fsp3) is 0.500. The van der Waals surface area contributed by atoms with Gasteiger partial charge in [0.1, 0.15) is 0 Å². The average molecular weight is 553 g/mol. The number of aliphatic hydroxyl groups excluding tert-OH is 2. The molecule has 3 rings (SSSR count). The Bertz CT molecular complexity index is 1030. The van der Waals surface area contributed by atoms with E-state index in [2.05, 4.69) is 23.6 Å². The molecule has 1 saturated heterocycles. The molecule has 16 nitrogen and oxygen atoms in total. The Morgan fingerprint density at radius 3 is 2.57 bits per heavy atom. The molecule has 0 bridgehead atoms. The molecule has 7 N–H and O–H groups in total. The normalized spacial score (nSPS) is 29.0. The maximum atomic E-state index is 12.5. The van der Waals surface area contributed by atoms with Crippen LogP contribution in [0.5, 0.6) is 0 Å². The van der Waals surface area contributed by atoms with Gasteiger partial charge in [-0.2, -0.15) is 0 Å². The molecule has 6 atom stereocenters. The van der Waals surface area contributed by atoms with Crippen molar-refractivity contribution in [1.82, 2.24) is 19.5 Å². The molecule has 2 aromatic rings. The Kier molecular flexibility index (Phi) is 6.73. The van der Waals surface area contributed by atoms with Crippen LogP contribution in [0.4, 0.5) is 5.82 Å². The van der Waals surface area contributed by atoms with Crippen LogP contribution < -0.4 is 10.6 Å². The fourth-order valence-electron chi connectivity index (χ4n) is 2.73. The second kappa shape index (κ2) is 8.39. The number of anilines is 1. The van der Waals surface area contributed by atoms with Gasteiger partial charge >= 0.3 is 175 Å². The third-order valence-corrected chi connectivity index (χ3v) is 10.3. The van der Waals surface area contributed by atoms with Crippen molar-refractivity contribution in [1.29, 1.82) is 0 Å². The van der Waals surface area contributed by atoms with E-state index in [-0.39, 0.29) is 17.0 Å². The molecular weight excluding hydrogens is 538 g/mol. The molecule has 0 saturated carbocycles. The Hall–Kier alpha value is -0.601. The van der Waals surface area contributed by atoms with E-state index in [1.54, 1.807) is 0 Å². The molecule has 0 radical (unpaired) electrons. The second-order valence-electron chi connectivity index (χ2n) is 6.05. The number of nitrogens with zero attached hydrogens (tertiary/aromatic N) is 4. The van der Waals surface area contributed by atoms with E-state index < -0.39 is 52.8 Å². The van der Waals surface area contributed by atoms with Crippen LogP contribution in [0.1, 0.15) is 6.23 Å². The van der Waals surface area contributed by atoms with E-state index >= 15 is 0 Å². The molecule has 30 heavy (non-hydrogen) atoms. The van der Waals surface area contributed by atoms with Crippen molar-refractivity contribution in [2.24, 2.45) is 0 Å². The zero-order valence-electron chi connectivity index (χ0n) is 14.5. The number of fused-ring (bicyclic) bond motifs is 1. The summed E-state index contributed by atoms with van der Waals surface area (Å²) in [6.07, 6.45) is -8.45. The van der Waals surface area contributed by atoms with Crippen molar-refractivity contribution in [2.45, 2.75) is 24.5 Å². The Balaban J connectivity index is 1.77. The molecule has 1 aliphatic rings. The zero-order chi connectivity index (χ0) is 22.5. The van der Waals surface area contributed by atoms with Crippen molar-refractivity contribution >= 4 is 54.6 Å². The van der Waals surface area contributed by atoms with Gasteiger partial charge in [0.05, 0.1) is 0 Å². The van der Waals surface area contributed by atoms with Crippen LogP contribution in [-0.2, 0) is 22.5 Å². The molecular formula is C10H15N5O11P3Se-. The summed E-state index contributed by atoms with van der Waals surface area (Å²) in [4.78, 5) is 50.8. The van der Waals surface area contributed by atoms with Crippen LogP contribution in [0.2, 0.25) is 0 Å².